The molecule has 0 aliphatic carbocycles. The number of hydrogen-bond acceptors (Lipinski definition) is 4. The second-order valence-electron chi connectivity index (χ2n) is 6.25. The van der Waals surface area contributed by atoms with E-state index in [4.69, 9.17) is 11.6 Å². The molecular weight excluding hydrogens is 324 g/mol. The number of aryl methyl sites for hydroxylation is 3. The number of carbonyl (C=O) groups is 1. The molecule has 0 bridgehead atoms. The van der Waals surface area contributed by atoms with Crippen LogP contribution >= 0.6 is 11.6 Å². The minimum Gasteiger partial charge on any atom is -0.339 e. The number of nitrogens with one attached hydrogen (secondary N) is 1. The highest BCUT2D eigenvalue weighted by molar-refractivity contribution is 6.33. The maximum Gasteiger partial charge on any atom is 0.272 e. The molecule has 1 amide bonds. The van der Waals surface area contributed by atoms with Gasteiger partial charge in [-0.25, -0.2) is 9.97 Å². The number of anilines is 2. The summed E-state index contributed by atoms with van der Waals surface area (Å²) >= 11 is 6.35. The Kier molecular flexibility index (Phi) is 4.71. The van der Waals surface area contributed by atoms with Crippen molar-refractivity contribution in [3.63, 3.8) is 0 Å². The molecule has 0 unspecified atom stereocenters. The van der Waals surface area contributed by atoms with Crippen LogP contribution in [0.1, 0.15) is 40.3 Å². The van der Waals surface area contributed by atoms with Crippen molar-refractivity contribution in [2.24, 2.45) is 0 Å². The van der Waals surface area contributed by atoms with Crippen molar-refractivity contribution in [2.75, 3.05) is 18.4 Å². The van der Waals surface area contributed by atoms with Crippen LogP contribution in [0.25, 0.3) is 0 Å². The van der Waals surface area contributed by atoms with E-state index in [2.05, 4.69) is 21.4 Å². The van der Waals surface area contributed by atoms with E-state index in [9.17, 15) is 4.79 Å². The van der Waals surface area contributed by atoms with Gasteiger partial charge in [0.1, 0.15) is 17.3 Å². The molecule has 0 saturated carbocycles. The Morgan fingerprint density at radius 3 is 2.50 bits per heavy atom. The van der Waals surface area contributed by atoms with Gasteiger partial charge >= 0.3 is 0 Å². The van der Waals surface area contributed by atoms with Gasteiger partial charge in [-0.1, -0.05) is 17.7 Å². The van der Waals surface area contributed by atoms with E-state index >= 15 is 0 Å². The van der Waals surface area contributed by atoms with Crippen molar-refractivity contribution in [1.29, 1.82) is 0 Å². The largest absolute Gasteiger partial charge is 0.339 e. The van der Waals surface area contributed by atoms with Gasteiger partial charge in [0.15, 0.2) is 0 Å². The quantitative estimate of drug-likeness (QED) is 0.913. The van der Waals surface area contributed by atoms with Gasteiger partial charge in [-0.2, -0.15) is 0 Å². The second kappa shape index (κ2) is 6.77. The number of benzene rings is 1. The normalized spacial score (nSPS) is 14.1. The first-order valence-corrected chi connectivity index (χ1v) is 8.50. The van der Waals surface area contributed by atoms with Crippen LogP contribution in [-0.2, 0) is 0 Å². The van der Waals surface area contributed by atoms with Crippen LogP contribution in [0.4, 0.5) is 11.5 Å². The minimum atomic E-state index is -0.0345. The fourth-order valence-corrected chi connectivity index (χ4v) is 3.39. The SMILES string of the molecule is Cc1cc(C)c(Nc2cc(C(=O)N3CCCC3)nc(C)n2)c(Cl)c1. The molecule has 3 rings (SSSR count). The molecule has 2 aromatic rings. The van der Waals surface area contributed by atoms with E-state index in [1.807, 2.05) is 24.8 Å². The van der Waals surface area contributed by atoms with Gasteiger partial charge in [-0.05, 0) is 50.8 Å². The van der Waals surface area contributed by atoms with Gasteiger partial charge in [0.05, 0.1) is 10.7 Å². The first-order valence-electron chi connectivity index (χ1n) is 8.13. The van der Waals surface area contributed by atoms with Crippen molar-refractivity contribution >= 4 is 29.0 Å². The molecule has 1 aliphatic heterocycles. The van der Waals surface area contributed by atoms with Gasteiger partial charge in [0.25, 0.3) is 5.91 Å². The predicted molar refractivity (Wildman–Crippen MR) is 96.1 cm³/mol. The van der Waals surface area contributed by atoms with E-state index in [1.54, 1.807) is 13.0 Å². The zero-order chi connectivity index (χ0) is 17.3. The average Bonchev–Trinajstić information content (AvgIpc) is 3.04. The first-order chi connectivity index (χ1) is 11.4. The Morgan fingerprint density at radius 2 is 1.83 bits per heavy atom. The number of rotatable bonds is 3. The van der Waals surface area contributed by atoms with Crippen molar-refractivity contribution in [3.05, 3.63) is 45.9 Å². The molecule has 126 valence electrons. The summed E-state index contributed by atoms with van der Waals surface area (Å²) in [6.45, 7) is 7.38. The summed E-state index contributed by atoms with van der Waals surface area (Å²) in [7, 11) is 0. The smallest absolute Gasteiger partial charge is 0.272 e. The van der Waals surface area contributed by atoms with Crippen LogP contribution in [0.3, 0.4) is 0 Å². The Labute approximate surface area is 147 Å². The van der Waals surface area contributed by atoms with E-state index in [0.717, 1.165) is 42.7 Å². The summed E-state index contributed by atoms with van der Waals surface area (Å²) in [4.78, 5) is 23.1. The fraction of sp³-hybridized carbons (Fsp3) is 0.389. The number of nitrogens with zero attached hydrogens (tertiary/aromatic N) is 3. The summed E-state index contributed by atoms with van der Waals surface area (Å²) in [6.07, 6.45) is 2.11. The lowest BCUT2D eigenvalue weighted by atomic mass is 10.1. The molecule has 0 radical (unpaired) electrons. The van der Waals surface area contributed by atoms with Crippen molar-refractivity contribution in [2.45, 2.75) is 33.6 Å². The van der Waals surface area contributed by atoms with Gasteiger partial charge in [0, 0.05) is 19.2 Å². The zero-order valence-electron chi connectivity index (χ0n) is 14.2. The van der Waals surface area contributed by atoms with Gasteiger partial charge < -0.3 is 10.2 Å². The molecule has 6 heteroatoms. The molecule has 1 aromatic heterocycles. The Morgan fingerprint density at radius 1 is 1.12 bits per heavy atom. The third-order valence-corrected chi connectivity index (χ3v) is 4.43. The second-order valence-corrected chi connectivity index (χ2v) is 6.66. The van der Waals surface area contributed by atoms with Gasteiger partial charge in [-0.15, -0.1) is 0 Å². The Bertz CT molecular complexity index is 762. The van der Waals surface area contributed by atoms with E-state index < -0.39 is 0 Å². The lowest BCUT2D eigenvalue weighted by molar-refractivity contribution is 0.0786. The molecule has 2 heterocycles. The molecule has 24 heavy (non-hydrogen) atoms. The van der Waals surface area contributed by atoms with Crippen LogP contribution in [-0.4, -0.2) is 33.9 Å². The zero-order valence-corrected chi connectivity index (χ0v) is 14.9. The Balaban J connectivity index is 1.90. The van der Waals surface area contributed by atoms with Gasteiger partial charge in [-0.3, -0.25) is 4.79 Å². The average molecular weight is 345 g/mol. The van der Waals surface area contributed by atoms with Gasteiger partial charge in [0.2, 0.25) is 0 Å². The molecule has 1 saturated heterocycles. The molecule has 0 spiro atoms. The lowest BCUT2D eigenvalue weighted by Gasteiger charge is -2.16. The first kappa shape index (κ1) is 16.7. The number of amides is 1. The number of halogens is 1. The highest BCUT2D eigenvalue weighted by atomic mass is 35.5. The lowest BCUT2D eigenvalue weighted by Crippen LogP contribution is -2.28. The number of aromatic nitrogens is 2. The van der Waals surface area contributed by atoms with E-state index in [1.165, 1.54) is 0 Å². The van der Waals surface area contributed by atoms with Crippen LogP contribution < -0.4 is 5.32 Å². The number of carbonyl (C=O) groups excluding carboxylic acids is 1. The summed E-state index contributed by atoms with van der Waals surface area (Å²) in [5.74, 6) is 1.11. The fourth-order valence-electron chi connectivity index (χ4n) is 3.03. The molecular formula is C18H21ClN4O. The molecule has 1 aromatic carbocycles. The summed E-state index contributed by atoms with van der Waals surface area (Å²) < 4.78 is 0. The van der Waals surface area contributed by atoms with Crippen LogP contribution in [0.5, 0.6) is 0 Å². The third kappa shape index (κ3) is 3.51. The van der Waals surface area contributed by atoms with Crippen molar-refractivity contribution in [1.82, 2.24) is 14.9 Å². The molecule has 0 atom stereocenters. The maximum absolute atomic E-state index is 12.6. The van der Waals surface area contributed by atoms with Crippen molar-refractivity contribution < 1.29 is 4.79 Å². The molecule has 1 fully saturated rings. The molecule has 1 aliphatic rings. The van der Waals surface area contributed by atoms with Crippen LogP contribution in [0, 0.1) is 20.8 Å². The minimum absolute atomic E-state index is 0.0345. The highest BCUT2D eigenvalue weighted by Gasteiger charge is 2.21. The monoisotopic (exact) mass is 344 g/mol. The van der Waals surface area contributed by atoms with Crippen molar-refractivity contribution in [3.8, 4) is 0 Å². The third-order valence-electron chi connectivity index (χ3n) is 4.14. The van der Waals surface area contributed by atoms with E-state index in [0.29, 0.717) is 22.4 Å². The van der Waals surface area contributed by atoms with Crippen LogP contribution in [0.2, 0.25) is 5.02 Å². The predicted octanol–water partition coefficient (Wildman–Crippen LogP) is 4.03. The topological polar surface area (TPSA) is 58.1 Å². The number of likely N-dealkylation sites (tertiary alicyclic amines) is 1. The highest BCUT2D eigenvalue weighted by Crippen LogP contribution is 2.30. The summed E-state index contributed by atoms with van der Waals surface area (Å²) in [5.41, 5.74) is 3.36. The maximum atomic E-state index is 12.6. The van der Waals surface area contributed by atoms with Crippen LogP contribution in [0.15, 0.2) is 18.2 Å². The molecule has 5 nitrogen and oxygen atoms in total. The summed E-state index contributed by atoms with van der Waals surface area (Å²) in [5, 5.41) is 3.88. The summed E-state index contributed by atoms with van der Waals surface area (Å²) in [6, 6.07) is 5.66. The standard InChI is InChI=1S/C18H21ClN4O/c1-11-8-12(2)17(14(19)9-11)22-16-10-15(20-13(3)21-16)18(24)23-6-4-5-7-23/h8-10H,4-7H2,1-3H3,(H,20,21,22). The number of hydrogen-bond donors (Lipinski definition) is 1. The van der Waals surface area contributed by atoms with E-state index in [-0.39, 0.29) is 5.91 Å². The Hall–Kier alpha value is -2.14. The molecule has 1 N–H and O–H groups in total.